The van der Waals surface area contributed by atoms with Gasteiger partial charge in [-0.1, -0.05) is 35.9 Å². The van der Waals surface area contributed by atoms with Crippen molar-refractivity contribution in [3.63, 3.8) is 0 Å². The van der Waals surface area contributed by atoms with E-state index >= 15 is 0 Å². The van der Waals surface area contributed by atoms with Gasteiger partial charge in [-0.2, -0.15) is 0 Å². The van der Waals surface area contributed by atoms with E-state index in [0.717, 1.165) is 46.7 Å². The van der Waals surface area contributed by atoms with Crippen molar-refractivity contribution in [3.05, 3.63) is 119 Å². The van der Waals surface area contributed by atoms with E-state index in [9.17, 15) is 4.79 Å². The molecule has 7 heteroatoms. The molecule has 6 rings (SSSR count). The Labute approximate surface area is 238 Å². The number of halogens is 1. The standard InChI is InChI=1S/C33H30ClN3O3/c1-4-36(5-2)24-16-17-27(29(21-24)39-6-3)33(28-11-9-18-35-30(28)32(38)40-33)31-26(22-12-14-23(34)15-13-22)20-25-10-7-8-19-37(25)31/h7-21H,4-6H2,1-3H3. The largest absolute Gasteiger partial charge is 0.493 e. The SMILES string of the molecule is CCOc1cc(N(CC)CC)ccc1C1(c2c(-c3ccc(Cl)cc3)cc3ccccn23)OC(=O)c2ncccc21. The summed E-state index contributed by atoms with van der Waals surface area (Å²) < 4.78 is 14.9. The topological polar surface area (TPSA) is 56.1 Å². The number of anilines is 1. The molecule has 2 aromatic carbocycles. The fraction of sp³-hybridized carbons (Fsp3) is 0.212. The Balaban J connectivity index is 1.74. The van der Waals surface area contributed by atoms with Gasteiger partial charge in [-0.25, -0.2) is 9.78 Å². The van der Waals surface area contributed by atoms with E-state index in [-0.39, 0.29) is 0 Å². The zero-order valence-corrected chi connectivity index (χ0v) is 23.5. The van der Waals surface area contributed by atoms with Crippen molar-refractivity contribution in [3.8, 4) is 16.9 Å². The lowest BCUT2D eigenvalue weighted by atomic mass is 9.80. The Bertz CT molecular complexity index is 1710. The minimum atomic E-state index is -1.32. The number of ether oxygens (including phenoxy) is 2. The molecule has 6 nitrogen and oxygen atoms in total. The summed E-state index contributed by atoms with van der Waals surface area (Å²) in [6.45, 7) is 8.40. The number of fused-ring (bicyclic) bond motifs is 2. The van der Waals surface area contributed by atoms with Crippen LogP contribution in [0.15, 0.2) is 91.3 Å². The van der Waals surface area contributed by atoms with Gasteiger partial charge in [0.15, 0.2) is 5.69 Å². The first kappa shape index (κ1) is 26.0. The van der Waals surface area contributed by atoms with Crippen molar-refractivity contribution in [2.45, 2.75) is 26.4 Å². The average Bonchev–Trinajstić information content (AvgIpc) is 3.51. The van der Waals surface area contributed by atoms with Crippen molar-refractivity contribution in [2.24, 2.45) is 0 Å². The van der Waals surface area contributed by atoms with Crippen LogP contribution in [0.25, 0.3) is 16.6 Å². The minimum absolute atomic E-state index is 0.297. The van der Waals surface area contributed by atoms with Gasteiger partial charge in [0, 0.05) is 64.5 Å². The van der Waals surface area contributed by atoms with Crippen molar-refractivity contribution < 1.29 is 14.3 Å². The molecule has 5 aromatic rings. The maximum atomic E-state index is 13.6. The number of aromatic nitrogens is 2. The molecular formula is C33H30ClN3O3. The zero-order valence-electron chi connectivity index (χ0n) is 22.7. The number of esters is 1. The van der Waals surface area contributed by atoms with Crippen LogP contribution in [0.2, 0.25) is 5.02 Å². The molecule has 0 bridgehead atoms. The maximum Gasteiger partial charge on any atom is 0.359 e. The molecule has 0 saturated carbocycles. The Morgan fingerprint density at radius 2 is 1.75 bits per heavy atom. The first-order chi connectivity index (χ1) is 19.5. The van der Waals surface area contributed by atoms with Gasteiger partial charge in [-0.15, -0.1) is 0 Å². The Kier molecular flexibility index (Phi) is 6.72. The molecule has 40 heavy (non-hydrogen) atoms. The van der Waals surface area contributed by atoms with Crippen molar-refractivity contribution >= 4 is 28.8 Å². The molecule has 3 aromatic heterocycles. The third-order valence-electron chi connectivity index (χ3n) is 7.57. The molecule has 1 unspecified atom stereocenters. The molecule has 0 radical (unpaired) electrons. The van der Waals surface area contributed by atoms with Gasteiger partial charge in [0.25, 0.3) is 0 Å². The minimum Gasteiger partial charge on any atom is -0.493 e. The first-order valence-electron chi connectivity index (χ1n) is 13.6. The van der Waals surface area contributed by atoms with Crippen LogP contribution in [0.3, 0.4) is 0 Å². The monoisotopic (exact) mass is 551 g/mol. The molecule has 1 aliphatic heterocycles. The third-order valence-corrected chi connectivity index (χ3v) is 7.82. The zero-order chi connectivity index (χ0) is 27.9. The Morgan fingerprint density at radius 1 is 0.950 bits per heavy atom. The van der Waals surface area contributed by atoms with Crippen LogP contribution in [-0.2, 0) is 10.3 Å². The fourth-order valence-electron chi connectivity index (χ4n) is 5.79. The van der Waals surface area contributed by atoms with Crippen molar-refractivity contribution in [2.75, 3.05) is 24.6 Å². The highest BCUT2D eigenvalue weighted by atomic mass is 35.5. The van der Waals surface area contributed by atoms with Gasteiger partial charge in [0.1, 0.15) is 5.75 Å². The number of carbonyl (C=O) groups excluding carboxylic acids is 1. The quantitative estimate of drug-likeness (QED) is 0.189. The molecule has 0 spiro atoms. The van der Waals surface area contributed by atoms with E-state index in [2.05, 4.69) is 40.3 Å². The second kappa shape index (κ2) is 10.4. The number of carbonyl (C=O) groups is 1. The highest BCUT2D eigenvalue weighted by molar-refractivity contribution is 6.30. The summed E-state index contributed by atoms with van der Waals surface area (Å²) >= 11 is 6.27. The van der Waals surface area contributed by atoms with Crippen molar-refractivity contribution in [1.82, 2.24) is 9.38 Å². The second-order valence-corrected chi connectivity index (χ2v) is 10.1. The van der Waals surface area contributed by atoms with Crippen LogP contribution in [0, 0.1) is 0 Å². The lowest BCUT2D eigenvalue weighted by Gasteiger charge is -2.33. The predicted octanol–water partition coefficient (Wildman–Crippen LogP) is 7.36. The van der Waals surface area contributed by atoms with Crippen LogP contribution in [-0.4, -0.2) is 35.1 Å². The summed E-state index contributed by atoms with van der Waals surface area (Å²) in [5, 5.41) is 0.649. The molecule has 4 heterocycles. The van der Waals surface area contributed by atoms with E-state index < -0.39 is 11.6 Å². The molecule has 0 saturated heterocycles. The van der Waals surface area contributed by atoms with Gasteiger partial charge < -0.3 is 18.8 Å². The van der Waals surface area contributed by atoms with Crippen LogP contribution >= 0.6 is 11.6 Å². The van der Waals surface area contributed by atoms with Crippen LogP contribution < -0.4 is 9.64 Å². The van der Waals surface area contributed by atoms with Crippen molar-refractivity contribution in [1.29, 1.82) is 0 Å². The van der Waals surface area contributed by atoms with E-state index in [1.807, 2.05) is 79.9 Å². The first-order valence-corrected chi connectivity index (χ1v) is 14.0. The second-order valence-electron chi connectivity index (χ2n) is 9.67. The molecule has 0 N–H and O–H groups in total. The van der Waals surface area contributed by atoms with E-state index in [1.54, 1.807) is 6.20 Å². The van der Waals surface area contributed by atoms with E-state index in [0.29, 0.717) is 28.6 Å². The molecular weight excluding hydrogens is 522 g/mol. The molecule has 1 aliphatic rings. The van der Waals surface area contributed by atoms with Crippen LogP contribution in [0.4, 0.5) is 5.69 Å². The van der Waals surface area contributed by atoms with Crippen LogP contribution in [0.1, 0.15) is 48.1 Å². The summed E-state index contributed by atoms with van der Waals surface area (Å²) in [4.78, 5) is 20.3. The lowest BCUT2D eigenvalue weighted by molar-refractivity contribution is 0.0228. The summed E-state index contributed by atoms with van der Waals surface area (Å²) in [5.74, 6) is 0.183. The van der Waals surface area contributed by atoms with Gasteiger partial charge >= 0.3 is 5.97 Å². The fourth-order valence-corrected chi connectivity index (χ4v) is 5.92. The van der Waals surface area contributed by atoms with E-state index in [4.69, 9.17) is 21.1 Å². The number of nitrogens with zero attached hydrogens (tertiary/aromatic N) is 3. The molecule has 0 fully saturated rings. The summed E-state index contributed by atoms with van der Waals surface area (Å²) in [6, 6.07) is 25.8. The molecule has 0 aliphatic carbocycles. The number of hydrogen-bond donors (Lipinski definition) is 0. The number of pyridine rings is 2. The Hall–Kier alpha value is -4.29. The van der Waals surface area contributed by atoms with Gasteiger partial charge in [-0.05, 0) is 74.9 Å². The molecule has 202 valence electrons. The summed E-state index contributed by atoms with van der Waals surface area (Å²) in [7, 11) is 0. The predicted molar refractivity (Wildman–Crippen MR) is 159 cm³/mol. The number of benzene rings is 2. The smallest absolute Gasteiger partial charge is 0.359 e. The number of hydrogen-bond acceptors (Lipinski definition) is 5. The highest BCUT2D eigenvalue weighted by Gasteiger charge is 2.53. The highest BCUT2D eigenvalue weighted by Crippen LogP contribution is 2.53. The summed E-state index contributed by atoms with van der Waals surface area (Å²) in [5.41, 5.74) is 5.06. The summed E-state index contributed by atoms with van der Waals surface area (Å²) in [6.07, 6.45) is 3.62. The van der Waals surface area contributed by atoms with Gasteiger partial charge in [0.2, 0.25) is 5.60 Å². The lowest BCUT2D eigenvalue weighted by Crippen LogP contribution is -2.33. The Morgan fingerprint density at radius 3 is 2.50 bits per heavy atom. The average molecular weight is 552 g/mol. The molecule has 1 atom stereocenters. The number of cyclic esters (lactones) is 1. The third kappa shape index (κ3) is 4.02. The normalized spacial score (nSPS) is 16.1. The number of rotatable bonds is 8. The van der Waals surface area contributed by atoms with Crippen LogP contribution in [0.5, 0.6) is 5.75 Å². The van der Waals surface area contributed by atoms with Gasteiger partial charge in [0.05, 0.1) is 12.3 Å². The molecule has 0 amide bonds. The van der Waals surface area contributed by atoms with Gasteiger partial charge in [-0.3, -0.25) is 0 Å². The van der Waals surface area contributed by atoms with E-state index in [1.165, 1.54) is 0 Å². The maximum absolute atomic E-state index is 13.6.